The highest BCUT2D eigenvalue weighted by Gasteiger charge is 2.12. The van der Waals surface area contributed by atoms with Crippen LogP contribution >= 0.6 is 0 Å². The molecule has 2 heteroatoms. The van der Waals surface area contributed by atoms with Crippen LogP contribution < -0.4 is 0 Å². The summed E-state index contributed by atoms with van der Waals surface area (Å²) in [5, 5.41) is 19.0. The van der Waals surface area contributed by atoms with Gasteiger partial charge in [0.15, 0.2) is 0 Å². The zero-order valence-corrected chi connectivity index (χ0v) is 15.8. The first-order valence-electron chi connectivity index (χ1n) is 9.21. The Morgan fingerprint density at radius 2 is 1.60 bits per heavy atom. The number of nitriles is 1. The molecule has 0 saturated carbocycles. The molecular weight excluding hydrogens is 306 g/mol. The average molecular weight is 335 g/mol. The predicted molar refractivity (Wildman–Crippen MR) is 105 cm³/mol. The van der Waals surface area contributed by atoms with Crippen molar-refractivity contribution in [1.29, 1.82) is 5.26 Å². The van der Waals surface area contributed by atoms with Crippen molar-refractivity contribution >= 4 is 0 Å². The lowest BCUT2D eigenvalue weighted by Gasteiger charge is -2.16. The van der Waals surface area contributed by atoms with E-state index in [1.165, 1.54) is 16.7 Å². The van der Waals surface area contributed by atoms with Crippen LogP contribution in [-0.2, 0) is 19.3 Å². The predicted octanol–water partition coefficient (Wildman–Crippen LogP) is 5.91. The summed E-state index contributed by atoms with van der Waals surface area (Å²) in [5.74, 6) is 1.45. The molecule has 2 nitrogen and oxygen atoms in total. The Bertz CT molecular complexity index is 753. The average Bonchev–Trinajstić information content (AvgIpc) is 2.54. The first-order chi connectivity index (χ1) is 11.9. The number of aromatic hydroxyl groups is 1. The van der Waals surface area contributed by atoms with Gasteiger partial charge in [-0.1, -0.05) is 52.0 Å². The Balaban J connectivity index is 2.44. The van der Waals surface area contributed by atoms with Crippen molar-refractivity contribution in [3.05, 3.63) is 53.1 Å². The number of hydrogen-bond acceptors (Lipinski definition) is 2. The second-order valence-corrected chi connectivity index (χ2v) is 7.69. The number of aryl methyl sites for hydroxylation is 1. The maximum Gasteiger partial charge on any atom is 0.118 e. The van der Waals surface area contributed by atoms with Crippen LogP contribution in [0, 0.1) is 23.2 Å². The highest BCUT2D eigenvalue weighted by atomic mass is 16.3. The number of benzene rings is 2. The smallest absolute Gasteiger partial charge is 0.118 e. The van der Waals surface area contributed by atoms with Crippen molar-refractivity contribution in [2.75, 3.05) is 0 Å². The highest BCUT2D eigenvalue weighted by molar-refractivity contribution is 5.69. The molecule has 0 amide bonds. The van der Waals surface area contributed by atoms with E-state index in [0.29, 0.717) is 24.0 Å². The van der Waals surface area contributed by atoms with Gasteiger partial charge < -0.3 is 5.11 Å². The van der Waals surface area contributed by atoms with Crippen LogP contribution in [-0.4, -0.2) is 5.11 Å². The quantitative estimate of drug-likeness (QED) is 0.683. The number of phenolic OH excluding ortho intramolecular Hbond substituents is 1. The molecule has 0 aliphatic rings. The van der Waals surface area contributed by atoms with E-state index in [9.17, 15) is 5.11 Å². The largest absolute Gasteiger partial charge is 0.508 e. The van der Waals surface area contributed by atoms with Crippen molar-refractivity contribution in [1.82, 2.24) is 0 Å². The van der Waals surface area contributed by atoms with Crippen molar-refractivity contribution < 1.29 is 5.11 Å². The molecule has 25 heavy (non-hydrogen) atoms. The van der Waals surface area contributed by atoms with Crippen LogP contribution in [0.5, 0.6) is 5.75 Å². The molecule has 0 aliphatic heterocycles. The first-order valence-corrected chi connectivity index (χ1v) is 9.21. The van der Waals surface area contributed by atoms with Gasteiger partial charge in [0, 0.05) is 6.42 Å². The molecule has 0 saturated heterocycles. The summed E-state index contributed by atoms with van der Waals surface area (Å²) >= 11 is 0. The topological polar surface area (TPSA) is 44.0 Å². The molecule has 0 atom stereocenters. The van der Waals surface area contributed by atoms with Gasteiger partial charge in [0.05, 0.1) is 6.07 Å². The SMILES string of the molecule is CC(C)Cc1cc(-c2ccc(CCC#N)cc2CC(C)C)ccc1O. The molecule has 0 spiro atoms. The van der Waals surface area contributed by atoms with Crippen LogP contribution in [0.2, 0.25) is 0 Å². The number of phenols is 1. The third-order valence-electron chi connectivity index (χ3n) is 4.34. The Morgan fingerprint density at radius 1 is 0.920 bits per heavy atom. The Morgan fingerprint density at radius 3 is 2.24 bits per heavy atom. The molecule has 2 aromatic rings. The van der Waals surface area contributed by atoms with E-state index < -0.39 is 0 Å². The van der Waals surface area contributed by atoms with E-state index in [0.717, 1.165) is 30.4 Å². The summed E-state index contributed by atoms with van der Waals surface area (Å²) in [4.78, 5) is 0. The molecule has 2 rings (SSSR count). The van der Waals surface area contributed by atoms with Gasteiger partial charge in [-0.2, -0.15) is 5.26 Å². The Kier molecular flexibility index (Phi) is 6.65. The molecule has 0 bridgehead atoms. The second kappa shape index (κ2) is 8.72. The first kappa shape index (κ1) is 19.1. The Hall–Kier alpha value is -2.27. The fourth-order valence-electron chi connectivity index (χ4n) is 3.25. The van der Waals surface area contributed by atoms with Crippen LogP contribution in [0.25, 0.3) is 11.1 Å². The van der Waals surface area contributed by atoms with Gasteiger partial charge in [-0.3, -0.25) is 0 Å². The summed E-state index contributed by atoms with van der Waals surface area (Å²) in [7, 11) is 0. The minimum atomic E-state index is 0.383. The fourth-order valence-corrected chi connectivity index (χ4v) is 3.25. The zero-order valence-electron chi connectivity index (χ0n) is 15.8. The van der Waals surface area contributed by atoms with Gasteiger partial charge in [-0.15, -0.1) is 0 Å². The van der Waals surface area contributed by atoms with Gasteiger partial charge in [0.1, 0.15) is 5.75 Å². The van der Waals surface area contributed by atoms with Crippen molar-refractivity contribution in [2.24, 2.45) is 11.8 Å². The lowest BCUT2D eigenvalue weighted by Crippen LogP contribution is -2.00. The van der Waals surface area contributed by atoms with Crippen LogP contribution in [0.3, 0.4) is 0 Å². The monoisotopic (exact) mass is 335 g/mol. The fraction of sp³-hybridized carbons (Fsp3) is 0.435. The molecule has 0 aliphatic carbocycles. The maximum atomic E-state index is 10.2. The molecule has 0 fully saturated rings. The number of nitrogens with zero attached hydrogens (tertiary/aromatic N) is 1. The van der Waals surface area contributed by atoms with Crippen LogP contribution in [0.1, 0.15) is 50.8 Å². The minimum Gasteiger partial charge on any atom is -0.508 e. The van der Waals surface area contributed by atoms with Crippen molar-refractivity contribution in [2.45, 2.75) is 53.4 Å². The standard InChI is InChI=1S/C23H29NO/c1-16(2)12-20-14-18(6-5-11-24)7-9-22(20)19-8-10-23(25)21(15-19)13-17(3)4/h7-10,14-17,25H,5-6,12-13H2,1-4H3. The molecule has 132 valence electrons. The van der Waals surface area contributed by atoms with Crippen LogP contribution in [0.15, 0.2) is 36.4 Å². The lowest BCUT2D eigenvalue weighted by molar-refractivity contribution is 0.462. The van der Waals surface area contributed by atoms with Crippen LogP contribution in [0.4, 0.5) is 0 Å². The Labute approximate surface area is 152 Å². The maximum absolute atomic E-state index is 10.2. The number of rotatable bonds is 7. The minimum absolute atomic E-state index is 0.383. The van der Waals surface area contributed by atoms with E-state index in [2.05, 4.69) is 58.0 Å². The lowest BCUT2D eigenvalue weighted by atomic mass is 9.89. The third kappa shape index (κ3) is 5.36. The second-order valence-electron chi connectivity index (χ2n) is 7.69. The third-order valence-corrected chi connectivity index (χ3v) is 4.34. The van der Waals surface area contributed by atoms with E-state index >= 15 is 0 Å². The molecular formula is C23H29NO. The van der Waals surface area contributed by atoms with E-state index in [1.54, 1.807) is 0 Å². The summed E-state index contributed by atoms with van der Waals surface area (Å²) in [6, 6.07) is 14.7. The molecule has 0 heterocycles. The summed E-state index contributed by atoms with van der Waals surface area (Å²) < 4.78 is 0. The van der Waals surface area contributed by atoms with Gasteiger partial charge >= 0.3 is 0 Å². The molecule has 0 radical (unpaired) electrons. The van der Waals surface area contributed by atoms with Gasteiger partial charge in [0.25, 0.3) is 0 Å². The van der Waals surface area contributed by atoms with Gasteiger partial charge in [0.2, 0.25) is 0 Å². The zero-order chi connectivity index (χ0) is 18.4. The van der Waals surface area contributed by atoms with E-state index in [-0.39, 0.29) is 0 Å². The van der Waals surface area contributed by atoms with Gasteiger partial charge in [-0.25, -0.2) is 0 Å². The summed E-state index contributed by atoms with van der Waals surface area (Å²) in [5.41, 5.74) is 5.96. The normalized spacial score (nSPS) is 11.1. The molecule has 0 aromatic heterocycles. The van der Waals surface area contributed by atoms with Crippen molar-refractivity contribution in [3.8, 4) is 22.9 Å². The molecule has 0 unspecified atom stereocenters. The van der Waals surface area contributed by atoms with Gasteiger partial charge in [-0.05, 0) is 71.0 Å². The number of hydrogen-bond donors (Lipinski definition) is 1. The van der Waals surface area contributed by atoms with Crippen molar-refractivity contribution in [3.63, 3.8) is 0 Å². The van der Waals surface area contributed by atoms with E-state index in [4.69, 9.17) is 5.26 Å². The molecule has 2 aromatic carbocycles. The molecule has 1 N–H and O–H groups in total. The van der Waals surface area contributed by atoms with E-state index in [1.807, 2.05) is 12.1 Å². The summed E-state index contributed by atoms with van der Waals surface area (Å²) in [6.45, 7) is 8.79. The summed E-state index contributed by atoms with van der Waals surface area (Å²) in [6.07, 6.45) is 3.24. The highest BCUT2D eigenvalue weighted by Crippen LogP contribution is 2.31.